The Bertz CT molecular complexity index is 249. The molecule has 18 heavy (non-hydrogen) atoms. The van der Waals surface area contributed by atoms with Gasteiger partial charge in [-0.05, 0) is 39.0 Å². The Morgan fingerprint density at radius 1 is 1.39 bits per heavy atom. The van der Waals surface area contributed by atoms with E-state index in [0.717, 1.165) is 45.1 Å². The molecule has 0 aromatic heterocycles. The van der Waals surface area contributed by atoms with Gasteiger partial charge in [-0.2, -0.15) is 0 Å². The van der Waals surface area contributed by atoms with Gasteiger partial charge in [0, 0.05) is 12.6 Å². The summed E-state index contributed by atoms with van der Waals surface area (Å²) in [5.41, 5.74) is 5.80. The molecule has 0 aromatic rings. The third-order valence-corrected chi connectivity index (χ3v) is 3.34. The van der Waals surface area contributed by atoms with Gasteiger partial charge < -0.3 is 16.2 Å². The van der Waals surface area contributed by atoms with Gasteiger partial charge in [0.15, 0.2) is 5.96 Å². The smallest absolute Gasteiger partial charge is 0.189 e. The second-order valence-corrected chi connectivity index (χ2v) is 5.16. The first-order chi connectivity index (χ1) is 8.61. The van der Waals surface area contributed by atoms with E-state index < -0.39 is 0 Å². The minimum atomic E-state index is -0.105. The number of nitrogens with two attached hydrogens (primary N) is 1. The average molecular weight is 256 g/mol. The van der Waals surface area contributed by atoms with Gasteiger partial charge in [-0.3, -0.25) is 10.3 Å². The van der Waals surface area contributed by atoms with E-state index in [2.05, 4.69) is 22.5 Å². The number of hydrogen-bond acceptors (Lipinski definition) is 3. The zero-order chi connectivity index (χ0) is 13.4. The lowest BCUT2D eigenvalue weighted by Gasteiger charge is -2.29. The first-order valence-electron chi connectivity index (χ1n) is 7.12. The standard InChI is InChI=1S/C13H28N4O/c1-3-4-9-15-13(14)17-10(2)16-11-5-7-12(18)8-6-11/h10-12,16,18H,3-9H2,1-2H3,(H3,14,15,17). The van der Waals surface area contributed by atoms with E-state index in [4.69, 9.17) is 5.73 Å². The molecule has 1 unspecified atom stereocenters. The predicted molar refractivity (Wildman–Crippen MR) is 75.4 cm³/mol. The first kappa shape index (κ1) is 15.2. The Kier molecular flexibility index (Phi) is 7.05. The SMILES string of the molecule is CCCCN=C(N)NC(C)NC1CCC(O)CC1. The lowest BCUT2D eigenvalue weighted by atomic mass is 9.93. The number of aliphatic imine (C=N–C) groups is 1. The molecule has 5 heteroatoms. The summed E-state index contributed by atoms with van der Waals surface area (Å²) in [7, 11) is 0. The molecular weight excluding hydrogens is 228 g/mol. The van der Waals surface area contributed by atoms with Crippen LogP contribution in [0.25, 0.3) is 0 Å². The van der Waals surface area contributed by atoms with E-state index in [0.29, 0.717) is 12.0 Å². The van der Waals surface area contributed by atoms with Crippen molar-refractivity contribution in [2.75, 3.05) is 6.54 Å². The summed E-state index contributed by atoms with van der Waals surface area (Å²) in [6, 6.07) is 0.472. The normalized spacial score (nSPS) is 26.9. The van der Waals surface area contributed by atoms with Gasteiger partial charge >= 0.3 is 0 Å². The summed E-state index contributed by atoms with van der Waals surface area (Å²) >= 11 is 0. The van der Waals surface area contributed by atoms with Crippen molar-refractivity contribution < 1.29 is 5.11 Å². The molecule has 0 amide bonds. The number of nitrogens with zero attached hydrogens (tertiary/aromatic N) is 1. The van der Waals surface area contributed by atoms with Gasteiger partial charge in [-0.15, -0.1) is 0 Å². The van der Waals surface area contributed by atoms with Crippen LogP contribution in [0, 0.1) is 0 Å². The fourth-order valence-electron chi connectivity index (χ4n) is 2.26. The molecule has 0 aliphatic heterocycles. The van der Waals surface area contributed by atoms with Crippen molar-refractivity contribution in [3.05, 3.63) is 0 Å². The van der Waals surface area contributed by atoms with Crippen LogP contribution in [0.5, 0.6) is 0 Å². The number of nitrogens with one attached hydrogen (secondary N) is 2. The van der Waals surface area contributed by atoms with E-state index in [1.165, 1.54) is 0 Å². The van der Waals surface area contributed by atoms with Gasteiger partial charge in [0.05, 0.1) is 12.3 Å². The lowest BCUT2D eigenvalue weighted by Crippen LogP contribution is -2.51. The van der Waals surface area contributed by atoms with Crippen molar-refractivity contribution in [3.8, 4) is 0 Å². The molecule has 5 N–H and O–H groups in total. The topological polar surface area (TPSA) is 82.7 Å². The second kappa shape index (κ2) is 8.32. The lowest BCUT2D eigenvalue weighted by molar-refractivity contribution is 0.114. The van der Waals surface area contributed by atoms with Crippen molar-refractivity contribution in [1.29, 1.82) is 0 Å². The molecule has 0 saturated heterocycles. The van der Waals surface area contributed by atoms with Crippen LogP contribution in [0.3, 0.4) is 0 Å². The zero-order valence-corrected chi connectivity index (χ0v) is 11.7. The van der Waals surface area contributed by atoms with Crippen molar-refractivity contribution in [1.82, 2.24) is 10.6 Å². The van der Waals surface area contributed by atoms with Crippen molar-refractivity contribution >= 4 is 5.96 Å². The van der Waals surface area contributed by atoms with E-state index in [1.807, 2.05) is 6.92 Å². The highest BCUT2D eigenvalue weighted by Crippen LogP contribution is 2.18. The summed E-state index contributed by atoms with van der Waals surface area (Å²) in [6.45, 7) is 4.98. The first-order valence-corrected chi connectivity index (χ1v) is 7.12. The third-order valence-electron chi connectivity index (χ3n) is 3.34. The molecular formula is C13H28N4O. The Labute approximate surface area is 110 Å². The molecule has 1 rings (SSSR count). The maximum Gasteiger partial charge on any atom is 0.189 e. The molecule has 5 nitrogen and oxygen atoms in total. The van der Waals surface area contributed by atoms with E-state index in [1.54, 1.807) is 0 Å². The number of rotatable bonds is 6. The Balaban J connectivity index is 2.20. The summed E-state index contributed by atoms with van der Waals surface area (Å²) in [5.74, 6) is 0.513. The average Bonchev–Trinajstić information content (AvgIpc) is 2.32. The van der Waals surface area contributed by atoms with Crippen LogP contribution < -0.4 is 16.4 Å². The van der Waals surface area contributed by atoms with E-state index in [-0.39, 0.29) is 12.3 Å². The fraction of sp³-hybridized carbons (Fsp3) is 0.923. The van der Waals surface area contributed by atoms with E-state index in [9.17, 15) is 5.11 Å². The minimum absolute atomic E-state index is 0.105. The van der Waals surface area contributed by atoms with Gasteiger partial charge in [0.1, 0.15) is 0 Å². The van der Waals surface area contributed by atoms with Crippen molar-refractivity contribution in [2.45, 2.75) is 70.7 Å². The molecule has 1 atom stereocenters. The highest BCUT2D eigenvalue weighted by atomic mass is 16.3. The highest BCUT2D eigenvalue weighted by molar-refractivity contribution is 5.78. The minimum Gasteiger partial charge on any atom is -0.393 e. The molecule has 0 aromatic carbocycles. The van der Waals surface area contributed by atoms with Crippen molar-refractivity contribution in [3.63, 3.8) is 0 Å². The van der Waals surface area contributed by atoms with Gasteiger partial charge in [0.2, 0.25) is 0 Å². The largest absolute Gasteiger partial charge is 0.393 e. The molecule has 1 fully saturated rings. The summed E-state index contributed by atoms with van der Waals surface area (Å²) in [5, 5.41) is 16.1. The summed E-state index contributed by atoms with van der Waals surface area (Å²) in [4.78, 5) is 4.26. The van der Waals surface area contributed by atoms with Crippen LogP contribution in [0.1, 0.15) is 52.4 Å². The molecule has 1 aliphatic rings. The van der Waals surface area contributed by atoms with Crippen molar-refractivity contribution in [2.24, 2.45) is 10.7 Å². The van der Waals surface area contributed by atoms with Gasteiger partial charge in [-0.1, -0.05) is 13.3 Å². The maximum atomic E-state index is 9.44. The molecule has 1 saturated carbocycles. The zero-order valence-electron chi connectivity index (χ0n) is 11.7. The highest BCUT2D eigenvalue weighted by Gasteiger charge is 2.20. The number of guanidine groups is 1. The molecule has 0 radical (unpaired) electrons. The van der Waals surface area contributed by atoms with Crippen LogP contribution in [-0.2, 0) is 0 Å². The Morgan fingerprint density at radius 3 is 2.67 bits per heavy atom. The maximum absolute atomic E-state index is 9.44. The summed E-state index contributed by atoms with van der Waals surface area (Å²) in [6.07, 6.45) is 6.07. The number of aliphatic hydroxyl groups excluding tert-OH is 1. The number of unbranched alkanes of at least 4 members (excludes halogenated alkanes) is 1. The Morgan fingerprint density at radius 2 is 2.06 bits per heavy atom. The van der Waals surface area contributed by atoms with Gasteiger partial charge in [-0.25, -0.2) is 0 Å². The fourth-order valence-corrected chi connectivity index (χ4v) is 2.26. The number of hydrogen-bond donors (Lipinski definition) is 4. The monoisotopic (exact) mass is 256 g/mol. The van der Waals surface area contributed by atoms with Crippen LogP contribution in [0.4, 0.5) is 0 Å². The van der Waals surface area contributed by atoms with Crippen LogP contribution in [0.15, 0.2) is 4.99 Å². The molecule has 106 valence electrons. The van der Waals surface area contributed by atoms with E-state index >= 15 is 0 Å². The van der Waals surface area contributed by atoms with Crippen LogP contribution in [0.2, 0.25) is 0 Å². The quantitative estimate of drug-likeness (QED) is 0.247. The van der Waals surface area contributed by atoms with Crippen LogP contribution in [-0.4, -0.2) is 35.9 Å². The summed E-state index contributed by atoms with van der Waals surface area (Å²) < 4.78 is 0. The molecule has 0 spiro atoms. The third kappa shape index (κ3) is 6.21. The molecule has 0 heterocycles. The predicted octanol–water partition coefficient (Wildman–Crippen LogP) is 0.930. The Hall–Kier alpha value is -0.810. The second-order valence-electron chi connectivity index (χ2n) is 5.16. The molecule has 0 bridgehead atoms. The molecule has 1 aliphatic carbocycles. The van der Waals surface area contributed by atoms with Gasteiger partial charge in [0.25, 0.3) is 0 Å². The number of aliphatic hydroxyl groups is 1. The van der Waals surface area contributed by atoms with Crippen LogP contribution >= 0.6 is 0 Å².